The smallest absolute Gasteiger partial charge is 0.431 e. The summed E-state index contributed by atoms with van der Waals surface area (Å²) in [5.74, 6) is -0.993. The van der Waals surface area contributed by atoms with Crippen LogP contribution in [0.25, 0.3) is 5.69 Å². The summed E-state index contributed by atoms with van der Waals surface area (Å²) in [5.41, 5.74) is 6.41. The molecule has 4 rings (SSSR count). The number of esters is 1. The molecule has 21 heteroatoms. The third-order valence-electron chi connectivity index (χ3n) is 9.46. The summed E-state index contributed by atoms with van der Waals surface area (Å²) < 4.78 is 72.5. The first-order valence-corrected chi connectivity index (χ1v) is 23.1. The number of hydrogen-bond acceptors (Lipinski definition) is 11. The molecule has 0 aliphatic carbocycles. The number of para-hydroxylation sites is 1. The van der Waals surface area contributed by atoms with Gasteiger partial charge in [-0.3, -0.25) is 28.4 Å². The van der Waals surface area contributed by atoms with Crippen LogP contribution in [0.1, 0.15) is 62.1 Å². The Morgan fingerprint density at radius 1 is 0.985 bits per heavy atom. The molecule has 1 amide bonds. The van der Waals surface area contributed by atoms with Gasteiger partial charge in [-0.1, -0.05) is 44.2 Å². The number of aryl methyl sites for hydroxylation is 3. The molecule has 1 heterocycles. The second-order valence-corrected chi connectivity index (χ2v) is 17.2. The maximum absolute atomic E-state index is 13.1. The predicted molar refractivity (Wildman–Crippen MR) is 241 cm³/mol. The van der Waals surface area contributed by atoms with Crippen LogP contribution in [0.15, 0.2) is 76.3 Å². The van der Waals surface area contributed by atoms with Crippen molar-refractivity contribution in [1.29, 1.82) is 0 Å². The number of hydrogen-bond donors (Lipinski definition) is 3. The third-order valence-corrected chi connectivity index (χ3v) is 10.8. The van der Waals surface area contributed by atoms with Gasteiger partial charge in [-0.2, -0.15) is 13.2 Å². The molecule has 4 N–H and O–H groups in total. The number of alkyl halides is 4. The zero-order valence-electron chi connectivity index (χ0n) is 37.5. The predicted octanol–water partition coefficient (Wildman–Crippen LogP) is 6.45. The third kappa shape index (κ3) is 17.1. The molecule has 65 heavy (non-hydrogen) atoms. The van der Waals surface area contributed by atoms with Crippen LogP contribution in [0.5, 0.6) is 11.5 Å². The maximum Gasteiger partial charge on any atom is 0.431 e. The van der Waals surface area contributed by atoms with E-state index in [0.717, 1.165) is 42.3 Å². The van der Waals surface area contributed by atoms with Gasteiger partial charge in [0.05, 0.1) is 18.5 Å². The van der Waals surface area contributed by atoms with Crippen LogP contribution in [-0.2, 0) is 61.1 Å². The Morgan fingerprint density at radius 2 is 1.63 bits per heavy atom. The minimum Gasteiger partial charge on any atom is -0.489 e. The molecule has 16 nitrogen and oxygen atoms in total. The molecule has 3 aromatic carbocycles. The fourth-order valence-electron chi connectivity index (χ4n) is 5.85. The first-order chi connectivity index (χ1) is 30.4. The number of amides is 1. The highest BCUT2D eigenvalue weighted by Crippen LogP contribution is 2.36. The number of nitrogens with two attached hydrogens (primary N) is 1. The summed E-state index contributed by atoms with van der Waals surface area (Å²) in [6.45, 7) is 11.6. The normalized spacial score (nSPS) is 12.8. The van der Waals surface area contributed by atoms with Crippen LogP contribution in [0.2, 0.25) is 0 Å². The highest BCUT2D eigenvalue weighted by atomic mass is 35.5. The van der Waals surface area contributed by atoms with E-state index in [1.54, 1.807) is 11.8 Å². The van der Waals surface area contributed by atoms with Crippen molar-refractivity contribution in [3.63, 3.8) is 0 Å². The molecule has 0 aliphatic heterocycles. The lowest BCUT2D eigenvalue weighted by atomic mass is 10.0. The molecule has 0 bridgehead atoms. The summed E-state index contributed by atoms with van der Waals surface area (Å²) >= 11 is 5.68. The molecular weight excluding hydrogens is 900 g/mol. The van der Waals surface area contributed by atoms with Gasteiger partial charge in [0, 0.05) is 38.1 Å². The standard InChI is InChI=1S/C25H25F3N2O6.C14H20ClNO2.C5H12NO4P/c1-5-16-6-7-17(20(12-16)36-15(2)23(32)34-4)14-35-19-10-8-18(9-11-19)30-22(31)13-21(25(26,27)28)29(3)24(30)33;1-4-12-8-6-7-11(3)14(12)16(10-18-5-2)13(17)9-15;1-11(9,10)3-2-4(6)5(7)8/h6-13,15H,5,14H2,1-4H3;6-8H,4-5,9-10H2,1-3H3;4H,2-3,6H2,1H3,(H,7,8)(H,9,10). The van der Waals surface area contributed by atoms with E-state index in [1.807, 2.05) is 57.2 Å². The van der Waals surface area contributed by atoms with E-state index in [1.165, 1.54) is 38.0 Å². The number of aromatic nitrogens is 2. The largest absolute Gasteiger partial charge is 0.489 e. The fourth-order valence-corrected chi connectivity index (χ4v) is 6.75. The molecular formula is C44H57ClF3N4O12P. The van der Waals surface area contributed by atoms with E-state index in [0.29, 0.717) is 38.9 Å². The Hall–Kier alpha value is -5.46. The lowest BCUT2D eigenvalue weighted by molar-refractivity contribution is -0.148. The monoisotopic (exact) mass is 956 g/mol. The molecule has 0 saturated heterocycles. The van der Waals surface area contributed by atoms with Gasteiger partial charge in [0.15, 0.2) is 13.5 Å². The zero-order valence-corrected chi connectivity index (χ0v) is 39.2. The molecule has 0 radical (unpaired) electrons. The summed E-state index contributed by atoms with van der Waals surface area (Å²) in [4.78, 5) is 68.9. The first kappa shape index (κ1) is 55.7. The van der Waals surface area contributed by atoms with Crippen molar-refractivity contribution < 1.29 is 61.1 Å². The van der Waals surface area contributed by atoms with Gasteiger partial charge in [0.25, 0.3) is 5.56 Å². The number of carbonyl (C=O) groups excluding carboxylic acids is 2. The summed E-state index contributed by atoms with van der Waals surface area (Å²) in [5, 5.41) is 8.28. The highest BCUT2D eigenvalue weighted by Gasteiger charge is 2.35. The lowest BCUT2D eigenvalue weighted by Crippen LogP contribution is -2.40. The molecule has 358 valence electrons. The van der Waals surface area contributed by atoms with Gasteiger partial charge < -0.3 is 34.7 Å². The molecule has 1 aromatic heterocycles. The van der Waals surface area contributed by atoms with E-state index in [9.17, 15) is 41.7 Å². The van der Waals surface area contributed by atoms with Crippen molar-refractivity contribution in [2.24, 2.45) is 12.8 Å². The zero-order chi connectivity index (χ0) is 49.2. The Balaban J connectivity index is 0.000000413. The number of anilines is 1. The van der Waals surface area contributed by atoms with Crippen molar-refractivity contribution in [3.8, 4) is 17.2 Å². The van der Waals surface area contributed by atoms with Gasteiger partial charge in [0.2, 0.25) is 5.91 Å². The van der Waals surface area contributed by atoms with Crippen molar-refractivity contribution in [3.05, 3.63) is 116 Å². The second-order valence-electron chi connectivity index (χ2n) is 14.4. The van der Waals surface area contributed by atoms with Crippen LogP contribution in [0, 0.1) is 6.92 Å². The topological polar surface area (TPSA) is 219 Å². The average Bonchev–Trinajstić information content (AvgIpc) is 3.26. The number of ether oxygens (including phenoxy) is 4. The maximum atomic E-state index is 13.1. The van der Waals surface area contributed by atoms with Gasteiger partial charge in [-0.05, 0) is 87.1 Å². The Morgan fingerprint density at radius 3 is 2.15 bits per heavy atom. The van der Waals surface area contributed by atoms with E-state index in [2.05, 4.69) is 6.92 Å². The van der Waals surface area contributed by atoms with Crippen molar-refractivity contribution >= 4 is 42.5 Å². The quantitative estimate of drug-likeness (QED) is 0.0423. The summed E-state index contributed by atoms with van der Waals surface area (Å²) in [6.07, 6.45) is -4.04. The Kier molecular flexibility index (Phi) is 22.2. The number of carbonyl (C=O) groups is 3. The van der Waals surface area contributed by atoms with Crippen molar-refractivity contribution in [2.45, 2.75) is 78.8 Å². The molecule has 0 fully saturated rings. The van der Waals surface area contributed by atoms with E-state index < -0.39 is 54.6 Å². The molecule has 0 spiro atoms. The number of benzene rings is 3. The number of carboxylic acids is 1. The summed E-state index contributed by atoms with van der Waals surface area (Å²) in [6, 6.07) is 16.7. The number of aliphatic carboxylic acids is 1. The van der Waals surface area contributed by atoms with Gasteiger partial charge in [-0.25, -0.2) is 14.2 Å². The minimum absolute atomic E-state index is 0.0371. The van der Waals surface area contributed by atoms with Crippen LogP contribution in [-0.4, -0.2) is 88.3 Å². The molecule has 0 saturated carbocycles. The second kappa shape index (κ2) is 25.9. The first-order valence-electron chi connectivity index (χ1n) is 20.2. The molecule has 0 aliphatic rings. The molecule has 4 aromatic rings. The number of rotatable bonds is 18. The van der Waals surface area contributed by atoms with Crippen LogP contribution in [0.3, 0.4) is 0 Å². The highest BCUT2D eigenvalue weighted by molar-refractivity contribution is 7.57. The van der Waals surface area contributed by atoms with Gasteiger partial charge >= 0.3 is 23.8 Å². The Bertz CT molecular complexity index is 2390. The number of nitrogens with zero attached hydrogens (tertiary/aromatic N) is 3. The van der Waals surface area contributed by atoms with Gasteiger partial charge in [-0.15, -0.1) is 11.6 Å². The van der Waals surface area contributed by atoms with E-state index in [4.69, 9.17) is 46.3 Å². The van der Waals surface area contributed by atoms with E-state index in [-0.39, 0.29) is 43.4 Å². The van der Waals surface area contributed by atoms with Crippen LogP contribution >= 0.6 is 19.0 Å². The van der Waals surface area contributed by atoms with Crippen LogP contribution < -0.4 is 31.4 Å². The van der Waals surface area contributed by atoms with E-state index >= 15 is 0 Å². The number of carboxylic acid groups (broad SMARTS) is 1. The Labute approximate surface area is 380 Å². The minimum atomic E-state index is -4.84. The number of halogens is 4. The van der Waals surface area contributed by atoms with Gasteiger partial charge in [0.1, 0.15) is 42.5 Å². The van der Waals surface area contributed by atoms with Crippen molar-refractivity contribution in [2.75, 3.05) is 44.1 Å². The summed E-state index contributed by atoms with van der Waals surface area (Å²) in [7, 11) is -0.884. The molecule has 3 atom stereocenters. The number of methoxy groups -OCH3 is 1. The van der Waals surface area contributed by atoms with Crippen LogP contribution in [0.4, 0.5) is 18.9 Å². The van der Waals surface area contributed by atoms with Crippen molar-refractivity contribution in [1.82, 2.24) is 9.13 Å². The fraction of sp³-hybridized carbons (Fsp3) is 0.432. The molecule has 3 unspecified atom stereocenters. The SMILES string of the molecule is CCOCN(C(=O)CCl)c1c(C)cccc1CC.CCc1ccc(COc2ccc(-n3c(=O)cc(C(F)(F)F)n(C)c3=O)cc2)c(OC(C)C(=O)OC)c1.CP(=O)(O)CCC(N)C(=O)O. The average molecular weight is 957 g/mol. The lowest BCUT2D eigenvalue weighted by Gasteiger charge is -2.25.